The van der Waals surface area contributed by atoms with Crippen molar-refractivity contribution >= 4 is 5.91 Å². The maximum Gasteiger partial charge on any atom is 0.234 e. The Kier molecular flexibility index (Phi) is 6.07. The van der Waals surface area contributed by atoms with E-state index in [-0.39, 0.29) is 5.91 Å². The molecule has 1 aliphatic carbocycles. The van der Waals surface area contributed by atoms with Gasteiger partial charge in [-0.05, 0) is 36.5 Å². The van der Waals surface area contributed by atoms with Gasteiger partial charge in [-0.3, -0.25) is 9.69 Å². The van der Waals surface area contributed by atoms with Crippen LogP contribution in [0.3, 0.4) is 0 Å². The molecule has 0 heterocycles. The smallest absolute Gasteiger partial charge is 0.234 e. The number of amides is 1. The first-order valence-corrected chi connectivity index (χ1v) is 8.93. The summed E-state index contributed by atoms with van der Waals surface area (Å²) in [5.74, 6) is 0.971. The first-order chi connectivity index (χ1) is 12.3. The lowest BCUT2D eigenvalue weighted by molar-refractivity contribution is -0.122. The highest BCUT2D eigenvalue weighted by molar-refractivity contribution is 5.78. The molecule has 1 saturated carbocycles. The van der Waals surface area contributed by atoms with Crippen molar-refractivity contribution in [1.82, 2.24) is 10.2 Å². The van der Waals surface area contributed by atoms with Crippen molar-refractivity contribution in [3.05, 3.63) is 65.7 Å². The summed E-state index contributed by atoms with van der Waals surface area (Å²) in [4.78, 5) is 14.6. The van der Waals surface area contributed by atoms with Crippen molar-refractivity contribution in [3.63, 3.8) is 0 Å². The Labute approximate surface area is 149 Å². The van der Waals surface area contributed by atoms with Crippen LogP contribution in [0, 0.1) is 0 Å². The zero-order valence-electron chi connectivity index (χ0n) is 14.8. The number of nitrogens with zero attached hydrogens (tertiary/aromatic N) is 1. The molecule has 4 heteroatoms. The summed E-state index contributed by atoms with van der Waals surface area (Å²) in [7, 11) is 1.68. The molecule has 2 aromatic rings. The number of para-hydroxylation sites is 1. The first kappa shape index (κ1) is 17.5. The van der Waals surface area contributed by atoms with E-state index < -0.39 is 0 Å². The lowest BCUT2D eigenvalue weighted by Gasteiger charge is -2.21. The van der Waals surface area contributed by atoms with Crippen LogP contribution in [0.25, 0.3) is 0 Å². The molecule has 0 aromatic heterocycles. The molecule has 4 nitrogen and oxygen atoms in total. The Morgan fingerprint density at radius 1 is 1.12 bits per heavy atom. The van der Waals surface area contributed by atoms with Gasteiger partial charge in [-0.15, -0.1) is 0 Å². The van der Waals surface area contributed by atoms with E-state index in [9.17, 15) is 4.79 Å². The Morgan fingerprint density at radius 2 is 1.84 bits per heavy atom. The molecule has 3 rings (SSSR count). The van der Waals surface area contributed by atoms with Crippen molar-refractivity contribution < 1.29 is 9.53 Å². The number of carbonyl (C=O) groups excluding carboxylic acids is 1. The number of rotatable bonds is 9. The molecule has 0 bridgehead atoms. The van der Waals surface area contributed by atoms with E-state index in [1.54, 1.807) is 7.11 Å². The first-order valence-electron chi connectivity index (χ1n) is 8.93. The third-order valence-electron chi connectivity index (χ3n) is 4.55. The lowest BCUT2D eigenvalue weighted by Crippen LogP contribution is -2.38. The molecular formula is C21H26N2O2. The van der Waals surface area contributed by atoms with Crippen LogP contribution in [0.4, 0.5) is 0 Å². The average Bonchev–Trinajstić information content (AvgIpc) is 3.48. The van der Waals surface area contributed by atoms with Crippen LogP contribution < -0.4 is 10.1 Å². The van der Waals surface area contributed by atoms with Crippen molar-refractivity contribution in [2.24, 2.45) is 0 Å². The molecule has 25 heavy (non-hydrogen) atoms. The molecule has 1 amide bonds. The van der Waals surface area contributed by atoms with Crippen LogP contribution in [0.1, 0.15) is 24.0 Å². The van der Waals surface area contributed by atoms with Crippen molar-refractivity contribution in [2.75, 3.05) is 20.2 Å². The minimum Gasteiger partial charge on any atom is -0.496 e. The Hall–Kier alpha value is -2.33. The van der Waals surface area contributed by atoms with Crippen molar-refractivity contribution in [3.8, 4) is 5.75 Å². The van der Waals surface area contributed by atoms with Crippen molar-refractivity contribution in [2.45, 2.75) is 31.8 Å². The van der Waals surface area contributed by atoms with Crippen LogP contribution in [-0.2, 0) is 17.8 Å². The molecule has 0 atom stereocenters. The van der Waals surface area contributed by atoms with Gasteiger partial charge in [-0.2, -0.15) is 0 Å². The van der Waals surface area contributed by atoms with Gasteiger partial charge in [-0.25, -0.2) is 0 Å². The second-order valence-corrected chi connectivity index (χ2v) is 6.53. The zero-order chi connectivity index (χ0) is 17.5. The predicted octanol–water partition coefficient (Wildman–Crippen LogP) is 3.02. The minimum atomic E-state index is 0.0951. The quantitative estimate of drug-likeness (QED) is 0.764. The second-order valence-electron chi connectivity index (χ2n) is 6.53. The van der Waals surface area contributed by atoms with Gasteiger partial charge in [-0.1, -0.05) is 48.5 Å². The fourth-order valence-corrected chi connectivity index (χ4v) is 3.06. The summed E-state index contributed by atoms with van der Waals surface area (Å²) in [6, 6.07) is 18.9. The Bertz CT molecular complexity index is 683. The van der Waals surface area contributed by atoms with E-state index >= 15 is 0 Å². The average molecular weight is 338 g/mol. The molecule has 0 radical (unpaired) electrons. The van der Waals surface area contributed by atoms with E-state index in [0.29, 0.717) is 19.1 Å². The number of hydrogen-bond donors (Lipinski definition) is 1. The summed E-state index contributed by atoms with van der Waals surface area (Å²) in [6.07, 6.45) is 3.17. The monoisotopic (exact) mass is 338 g/mol. The highest BCUT2D eigenvalue weighted by atomic mass is 16.5. The number of benzene rings is 2. The van der Waals surface area contributed by atoms with Gasteiger partial charge in [0.1, 0.15) is 5.75 Å². The molecule has 1 aliphatic rings. The number of hydrogen-bond acceptors (Lipinski definition) is 3. The van der Waals surface area contributed by atoms with E-state index in [1.807, 2.05) is 42.5 Å². The maximum absolute atomic E-state index is 12.3. The number of nitrogens with one attached hydrogen (secondary N) is 1. The summed E-state index contributed by atoms with van der Waals surface area (Å²) in [5.41, 5.74) is 2.38. The predicted molar refractivity (Wildman–Crippen MR) is 99.6 cm³/mol. The highest BCUT2D eigenvalue weighted by Gasteiger charge is 2.30. The molecule has 132 valence electrons. The fourth-order valence-electron chi connectivity index (χ4n) is 3.06. The molecule has 0 aliphatic heterocycles. The Balaban J connectivity index is 1.47. The summed E-state index contributed by atoms with van der Waals surface area (Å²) >= 11 is 0. The van der Waals surface area contributed by atoms with Gasteiger partial charge < -0.3 is 10.1 Å². The van der Waals surface area contributed by atoms with E-state index in [1.165, 1.54) is 18.4 Å². The van der Waals surface area contributed by atoms with E-state index in [2.05, 4.69) is 22.3 Å². The zero-order valence-corrected chi connectivity index (χ0v) is 14.8. The number of methoxy groups -OCH3 is 1. The highest BCUT2D eigenvalue weighted by Crippen LogP contribution is 2.28. The summed E-state index contributed by atoms with van der Waals surface area (Å²) < 4.78 is 5.35. The van der Waals surface area contributed by atoms with E-state index in [0.717, 1.165) is 24.3 Å². The normalized spacial score (nSPS) is 13.7. The SMILES string of the molecule is COc1ccccc1CCNC(=O)CN(Cc1ccccc1)C1CC1. The molecule has 1 N–H and O–H groups in total. The van der Waals surface area contributed by atoms with Gasteiger partial charge in [0.2, 0.25) is 5.91 Å². The lowest BCUT2D eigenvalue weighted by atomic mass is 10.1. The fraction of sp³-hybridized carbons (Fsp3) is 0.381. The molecule has 2 aromatic carbocycles. The van der Waals surface area contributed by atoms with Crippen LogP contribution in [0.15, 0.2) is 54.6 Å². The topological polar surface area (TPSA) is 41.6 Å². The second kappa shape index (κ2) is 8.67. The van der Waals surface area contributed by atoms with Gasteiger partial charge >= 0.3 is 0 Å². The van der Waals surface area contributed by atoms with Gasteiger partial charge in [0.25, 0.3) is 0 Å². The van der Waals surface area contributed by atoms with E-state index in [4.69, 9.17) is 4.74 Å². The molecule has 0 spiro atoms. The number of carbonyl (C=O) groups is 1. The van der Waals surface area contributed by atoms with Gasteiger partial charge in [0.05, 0.1) is 13.7 Å². The number of ether oxygens (including phenoxy) is 1. The molecule has 0 unspecified atom stereocenters. The van der Waals surface area contributed by atoms with Crippen molar-refractivity contribution in [1.29, 1.82) is 0 Å². The van der Waals surface area contributed by atoms with Crippen LogP contribution in [-0.4, -0.2) is 37.0 Å². The summed E-state index contributed by atoms with van der Waals surface area (Å²) in [6.45, 7) is 1.93. The largest absolute Gasteiger partial charge is 0.496 e. The maximum atomic E-state index is 12.3. The third-order valence-corrected chi connectivity index (χ3v) is 4.55. The van der Waals surface area contributed by atoms with Gasteiger partial charge in [0, 0.05) is 19.1 Å². The third kappa shape index (κ3) is 5.33. The van der Waals surface area contributed by atoms with Crippen LogP contribution in [0.5, 0.6) is 5.75 Å². The minimum absolute atomic E-state index is 0.0951. The molecular weight excluding hydrogens is 312 g/mol. The molecule has 0 saturated heterocycles. The van der Waals surface area contributed by atoms with Crippen LogP contribution in [0.2, 0.25) is 0 Å². The summed E-state index contributed by atoms with van der Waals surface area (Å²) in [5, 5.41) is 3.05. The van der Waals surface area contributed by atoms with Gasteiger partial charge in [0.15, 0.2) is 0 Å². The Morgan fingerprint density at radius 3 is 2.56 bits per heavy atom. The van der Waals surface area contributed by atoms with Crippen LogP contribution >= 0.6 is 0 Å². The standard InChI is InChI=1S/C21H26N2O2/c1-25-20-10-6-5-9-18(20)13-14-22-21(24)16-23(19-11-12-19)15-17-7-3-2-4-8-17/h2-10,19H,11-16H2,1H3,(H,22,24). The molecule has 1 fully saturated rings.